The maximum Gasteiger partial charge on any atom is 0.146 e. The van der Waals surface area contributed by atoms with Crippen LogP contribution in [0.15, 0.2) is 6.33 Å². The number of hydrogen-bond donors (Lipinski definition) is 0. The number of thioether (sulfide) groups is 1. The molecule has 0 saturated carbocycles. The highest BCUT2D eigenvalue weighted by molar-refractivity contribution is 7.99. The molecule has 3 heterocycles. The van der Waals surface area contributed by atoms with Crippen LogP contribution in [0.1, 0.15) is 5.82 Å². The van der Waals surface area contributed by atoms with Gasteiger partial charge in [0.05, 0.1) is 6.54 Å². The predicted octanol–water partition coefficient (Wildman–Crippen LogP) is 0.0481. The molecule has 0 aromatic carbocycles. The van der Waals surface area contributed by atoms with Gasteiger partial charge in [0, 0.05) is 50.8 Å². The second-order valence-electron chi connectivity index (χ2n) is 4.85. The lowest BCUT2D eigenvalue weighted by Crippen LogP contribution is -2.60. The van der Waals surface area contributed by atoms with Crippen LogP contribution in [-0.2, 0) is 13.6 Å². The summed E-state index contributed by atoms with van der Waals surface area (Å²) in [5.74, 6) is 3.68. The van der Waals surface area contributed by atoms with Gasteiger partial charge in [-0.1, -0.05) is 0 Å². The van der Waals surface area contributed by atoms with E-state index >= 15 is 0 Å². The summed E-state index contributed by atoms with van der Waals surface area (Å²) in [4.78, 5) is 5.10. The summed E-state index contributed by atoms with van der Waals surface area (Å²) in [5, 5.41) is 8.04. The molecule has 2 fully saturated rings. The first kappa shape index (κ1) is 11.5. The fraction of sp³-hybridized carbons (Fsp3) is 0.818. The fourth-order valence-corrected chi connectivity index (χ4v) is 3.43. The van der Waals surface area contributed by atoms with Crippen LogP contribution >= 0.6 is 11.8 Å². The monoisotopic (exact) mass is 253 g/mol. The third-order valence-corrected chi connectivity index (χ3v) is 4.61. The third kappa shape index (κ3) is 2.48. The van der Waals surface area contributed by atoms with Crippen LogP contribution in [0.3, 0.4) is 0 Å². The van der Waals surface area contributed by atoms with E-state index < -0.39 is 0 Å². The minimum Gasteiger partial charge on any atom is -0.320 e. The SMILES string of the molecule is Cn1cnnc1CN1CC(N2CCSCC2)C1. The first-order chi connectivity index (χ1) is 8.33. The molecule has 1 aromatic heterocycles. The van der Waals surface area contributed by atoms with Crippen LogP contribution in [0.4, 0.5) is 0 Å². The Morgan fingerprint density at radius 1 is 1.35 bits per heavy atom. The van der Waals surface area contributed by atoms with Crippen LogP contribution in [0.25, 0.3) is 0 Å². The zero-order chi connectivity index (χ0) is 11.7. The molecule has 94 valence electrons. The molecule has 0 radical (unpaired) electrons. The second-order valence-corrected chi connectivity index (χ2v) is 6.08. The average molecular weight is 253 g/mol. The molecule has 0 spiro atoms. The molecule has 17 heavy (non-hydrogen) atoms. The van der Waals surface area contributed by atoms with E-state index in [-0.39, 0.29) is 0 Å². The highest BCUT2D eigenvalue weighted by Crippen LogP contribution is 2.20. The molecule has 2 saturated heterocycles. The van der Waals surface area contributed by atoms with Crippen molar-refractivity contribution in [3.8, 4) is 0 Å². The van der Waals surface area contributed by atoms with Crippen LogP contribution in [0.5, 0.6) is 0 Å². The van der Waals surface area contributed by atoms with E-state index in [0.29, 0.717) is 0 Å². The van der Waals surface area contributed by atoms with Gasteiger partial charge in [0.15, 0.2) is 0 Å². The number of nitrogens with zero attached hydrogens (tertiary/aromatic N) is 5. The molecule has 0 aliphatic carbocycles. The molecule has 2 aliphatic rings. The Morgan fingerprint density at radius 2 is 2.12 bits per heavy atom. The molecule has 0 amide bonds. The molecule has 0 bridgehead atoms. The van der Waals surface area contributed by atoms with E-state index in [1.165, 1.54) is 37.7 Å². The summed E-state index contributed by atoms with van der Waals surface area (Å²) in [7, 11) is 2.01. The van der Waals surface area contributed by atoms with Gasteiger partial charge in [0.2, 0.25) is 0 Å². The summed E-state index contributed by atoms with van der Waals surface area (Å²) in [6, 6.07) is 0.782. The number of rotatable bonds is 3. The quantitative estimate of drug-likeness (QED) is 0.761. The van der Waals surface area contributed by atoms with E-state index in [0.717, 1.165) is 18.4 Å². The minimum atomic E-state index is 0.782. The second kappa shape index (κ2) is 4.96. The molecular weight excluding hydrogens is 234 g/mol. The van der Waals surface area contributed by atoms with Crippen molar-refractivity contribution in [1.29, 1.82) is 0 Å². The minimum absolute atomic E-state index is 0.782. The Morgan fingerprint density at radius 3 is 2.76 bits per heavy atom. The maximum absolute atomic E-state index is 4.13. The molecule has 0 unspecified atom stereocenters. The van der Waals surface area contributed by atoms with Crippen molar-refractivity contribution in [2.24, 2.45) is 7.05 Å². The van der Waals surface area contributed by atoms with Gasteiger partial charge in [-0.25, -0.2) is 0 Å². The largest absolute Gasteiger partial charge is 0.320 e. The van der Waals surface area contributed by atoms with Crippen LogP contribution in [-0.4, -0.2) is 68.3 Å². The molecule has 2 aliphatic heterocycles. The normalized spacial score (nSPS) is 23.8. The maximum atomic E-state index is 4.13. The van der Waals surface area contributed by atoms with Crippen molar-refractivity contribution in [3.05, 3.63) is 12.2 Å². The first-order valence-electron chi connectivity index (χ1n) is 6.20. The van der Waals surface area contributed by atoms with Crippen LogP contribution in [0, 0.1) is 0 Å². The number of likely N-dealkylation sites (tertiary alicyclic amines) is 1. The molecular formula is C11H19N5S. The van der Waals surface area contributed by atoms with E-state index in [1.807, 2.05) is 11.6 Å². The zero-order valence-corrected chi connectivity index (χ0v) is 11.1. The van der Waals surface area contributed by atoms with E-state index in [9.17, 15) is 0 Å². The van der Waals surface area contributed by atoms with Crippen molar-refractivity contribution in [3.63, 3.8) is 0 Å². The van der Waals surface area contributed by atoms with Gasteiger partial charge < -0.3 is 4.57 Å². The number of hydrogen-bond acceptors (Lipinski definition) is 5. The van der Waals surface area contributed by atoms with Gasteiger partial charge in [-0.3, -0.25) is 9.80 Å². The highest BCUT2D eigenvalue weighted by atomic mass is 32.2. The summed E-state index contributed by atoms with van der Waals surface area (Å²) >= 11 is 2.08. The third-order valence-electron chi connectivity index (χ3n) is 3.67. The van der Waals surface area contributed by atoms with Crippen molar-refractivity contribution < 1.29 is 0 Å². The Labute approximate surface area is 106 Å². The summed E-state index contributed by atoms with van der Waals surface area (Å²) < 4.78 is 2.00. The standard InChI is InChI=1S/C11H19N5S/c1-14-9-12-13-11(14)8-15-6-10(7-15)16-2-4-17-5-3-16/h9-10H,2-8H2,1H3. The Bertz CT molecular complexity index is 368. The number of aryl methyl sites for hydroxylation is 1. The molecule has 1 aromatic rings. The summed E-state index contributed by atoms with van der Waals surface area (Å²) in [5.41, 5.74) is 0. The number of aromatic nitrogens is 3. The molecule has 5 nitrogen and oxygen atoms in total. The predicted molar refractivity (Wildman–Crippen MR) is 69.0 cm³/mol. The first-order valence-corrected chi connectivity index (χ1v) is 7.35. The summed E-state index contributed by atoms with van der Waals surface area (Å²) in [6.45, 7) is 5.87. The molecule has 3 rings (SSSR count). The van der Waals surface area contributed by atoms with Gasteiger partial charge in [0.25, 0.3) is 0 Å². The van der Waals surface area contributed by atoms with E-state index in [4.69, 9.17) is 0 Å². The summed E-state index contributed by atoms with van der Waals surface area (Å²) in [6.07, 6.45) is 1.77. The zero-order valence-electron chi connectivity index (χ0n) is 10.2. The molecule has 0 atom stereocenters. The van der Waals surface area contributed by atoms with Gasteiger partial charge in [-0.05, 0) is 0 Å². The van der Waals surface area contributed by atoms with Crippen molar-refractivity contribution in [1.82, 2.24) is 24.6 Å². The Hall–Kier alpha value is -0.590. The Kier molecular flexibility index (Phi) is 3.35. The fourth-order valence-electron chi connectivity index (χ4n) is 2.50. The Balaban J connectivity index is 1.46. The lowest BCUT2D eigenvalue weighted by Gasteiger charge is -2.46. The lowest BCUT2D eigenvalue weighted by atomic mass is 10.1. The van der Waals surface area contributed by atoms with Gasteiger partial charge in [-0.15, -0.1) is 10.2 Å². The van der Waals surface area contributed by atoms with Crippen molar-refractivity contribution >= 4 is 11.8 Å². The van der Waals surface area contributed by atoms with E-state index in [2.05, 4.69) is 31.8 Å². The van der Waals surface area contributed by atoms with E-state index in [1.54, 1.807) is 6.33 Å². The van der Waals surface area contributed by atoms with Gasteiger partial charge >= 0.3 is 0 Å². The molecule has 0 N–H and O–H groups in total. The average Bonchev–Trinajstić information content (AvgIpc) is 2.70. The van der Waals surface area contributed by atoms with Gasteiger partial charge in [-0.2, -0.15) is 11.8 Å². The van der Waals surface area contributed by atoms with Crippen LogP contribution in [0.2, 0.25) is 0 Å². The lowest BCUT2D eigenvalue weighted by molar-refractivity contribution is 0.0320. The topological polar surface area (TPSA) is 37.2 Å². The molecule has 6 heteroatoms. The van der Waals surface area contributed by atoms with Crippen LogP contribution < -0.4 is 0 Å². The smallest absolute Gasteiger partial charge is 0.146 e. The highest BCUT2D eigenvalue weighted by Gasteiger charge is 2.32. The van der Waals surface area contributed by atoms with Crippen molar-refractivity contribution in [2.45, 2.75) is 12.6 Å². The van der Waals surface area contributed by atoms with Gasteiger partial charge in [0.1, 0.15) is 12.2 Å². The van der Waals surface area contributed by atoms with Crippen molar-refractivity contribution in [2.75, 3.05) is 37.7 Å².